The molecular formula is C18H24ClN3OS. The summed E-state index contributed by atoms with van der Waals surface area (Å²) < 4.78 is 0. The maximum atomic E-state index is 12.1. The predicted molar refractivity (Wildman–Crippen MR) is 102 cm³/mol. The maximum Gasteiger partial charge on any atom is 0.226 e. The topological polar surface area (TPSA) is 54.0 Å². The van der Waals surface area contributed by atoms with Crippen molar-refractivity contribution in [2.75, 3.05) is 13.1 Å². The highest BCUT2D eigenvalue weighted by Crippen LogP contribution is 2.24. The summed E-state index contributed by atoms with van der Waals surface area (Å²) >= 11 is 1.60. The number of thiazole rings is 1. The highest BCUT2D eigenvalue weighted by molar-refractivity contribution is 7.13. The number of carbonyl (C=O) groups is 1. The van der Waals surface area contributed by atoms with Gasteiger partial charge in [0.05, 0.1) is 12.1 Å². The molecule has 130 valence electrons. The van der Waals surface area contributed by atoms with Gasteiger partial charge >= 0.3 is 0 Å². The van der Waals surface area contributed by atoms with E-state index in [4.69, 9.17) is 0 Å². The van der Waals surface area contributed by atoms with Gasteiger partial charge in [0.2, 0.25) is 5.91 Å². The van der Waals surface area contributed by atoms with Crippen LogP contribution in [0.15, 0.2) is 29.6 Å². The minimum atomic E-state index is 0. The van der Waals surface area contributed by atoms with E-state index < -0.39 is 0 Å². The van der Waals surface area contributed by atoms with Crippen LogP contribution in [0.3, 0.4) is 0 Å². The molecule has 1 aromatic heterocycles. The summed E-state index contributed by atoms with van der Waals surface area (Å²) in [5.74, 6) is 0.0666. The van der Waals surface area contributed by atoms with E-state index in [1.165, 1.54) is 5.56 Å². The Kier molecular flexibility index (Phi) is 7.21. The van der Waals surface area contributed by atoms with Gasteiger partial charge < -0.3 is 10.6 Å². The van der Waals surface area contributed by atoms with E-state index in [0.717, 1.165) is 48.6 Å². The zero-order valence-electron chi connectivity index (χ0n) is 13.9. The van der Waals surface area contributed by atoms with E-state index in [2.05, 4.69) is 46.8 Å². The third kappa shape index (κ3) is 5.03. The molecule has 0 aliphatic carbocycles. The van der Waals surface area contributed by atoms with Crippen LogP contribution >= 0.6 is 23.7 Å². The van der Waals surface area contributed by atoms with E-state index >= 15 is 0 Å². The monoisotopic (exact) mass is 365 g/mol. The summed E-state index contributed by atoms with van der Waals surface area (Å²) in [6.45, 7) is 4.08. The summed E-state index contributed by atoms with van der Waals surface area (Å²) in [5.41, 5.74) is 3.30. The second-order valence-electron chi connectivity index (χ2n) is 5.98. The SMILES string of the molecule is CCc1ccc(-c2nc(CC(=O)N[C@H]3CCCNC3)cs2)cc1.Cl. The quantitative estimate of drug-likeness (QED) is 0.855. The molecule has 1 aliphatic heterocycles. The maximum absolute atomic E-state index is 12.1. The highest BCUT2D eigenvalue weighted by Gasteiger charge is 2.16. The first-order chi connectivity index (χ1) is 11.2. The molecule has 0 unspecified atom stereocenters. The Morgan fingerprint density at radius 2 is 2.17 bits per heavy atom. The highest BCUT2D eigenvalue weighted by atomic mass is 35.5. The van der Waals surface area contributed by atoms with Gasteiger partial charge in [-0.2, -0.15) is 0 Å². The Morgan fingerprint density at radius 3 is 2.83 bits per heavy atom. The van der Waals surface area contributed by atoms with Gasteiger partial charge in [0, 0.05) is 23.5 Å². The van der Waals surface area contributed by atoms with Gasteiger partial charge in [0.1, 0.15) is 5.01 Å². The molecule has 4 nitrogen and oxygen atoms in total. The van der Waals surface area contributed by atoms with Gasteiger partial charge in [0.25, 0.3) is 0 Å². The van der Waals surface area contributed by atoms with Crippen molar-refractivity contribution in [1.82, 2.24) is 15.6 Å². The minimum absolute atomic E-state index is 0. The lowest BCUT2D eigenvalue weighted by Crippen LogP contribution is -2.46. The minimum Gasteiger partial charge on any atom is -0.352 e. The fraction of sp³-hybridized carbons (Fsp3) is 0.444. The van der Waals surface area contributed by atoms with Gasteiger partial charge in [-0.15, -0.1) is 23.7 Å². The fourth-order valence-electron chi connectivity index (χ4n) is 2.82. The molecule has 2 N–H and O–H groups in total. The van der Waals surface area contributed by atoms with Crippen molar-refractivity contribution in [2.45, 2.75) is 38.6 Å². The summed E-state index contributed by atoms with van der Waals surface area (Å²) in [6, 6.07) is 8.75. The summed E-state index contributed by atoms with van der Waals surface area (Å²) in [5, 5.41) is 9.37. The van der Waals surface area contributed by atoms with Gasteiger partial charge in [-0.05, 0) is 31.4 Å². The lowest BCUT2D eigenvalue weighted by Gasteiger charge is -2.23. The number of benzene rings is 1. The predicted octanol–water partition coefficient (Wildman–Crippen LogP) is 3.21. The number of piperidine rings is 1. The average Bonchev–Trinajstić information content (AvgIpc) is 3.04. The molecule has 0 saturated carbocycles. The first kappa shape index (κ1) is 18.9. The Hall–Kier alpha value is -1.43. The number of aromatic nitrogens is 1. The Balaban J connectivity index is 0.00000208. The van der Waals surface area contributed by atoms with Crippen molar-refractivity contribution in [3.63, 3.8) is 0 Å². The van der Waals surface area contributed by atoms with Crippen LogP contribution in [0.25, 0.3) is 10.6 Å². The van der Waals surface area contributed by atoms with Crippen LogP contribution in [0.5, 0.6) is 0 Å². The second kappa shape index (κ2) is 9.16. The number of carbonyl (C=O) groups excluding carboxylic acids is 1. The van der Waals surface area contributed by atoms with Crippen LogP contribution in [0.1, 0.15) is 31.0 Å². The van der Waals surface area contributed by atoms with Crippen LogP contribution < -0.4 is 10.6 Å². The molecule has 0 spiro atoms. The third-order valence-electron chi connectivity index (χ3n) is 4.16. The zero-order valence-corrected chi connectivity index (χ0v) is 15.5. The van der Waals surface area contributed by atoms with Gasteiger partial charge in [-0.3, -0.25) is 4.79 Å². The number of hydrogen-bond donors (Lipinski definition) is 2. The molecular weight excluding hydrogens is 342 g/mol. The number of halogens is 1. The van der Waals surface area contributed by atoms with Crippen LogP contribution in [-0.2, 0) is 17.6 Å². The molecule has 2 aromatic rings. The number of amides is 1. The second-order valence-corrected chi connectivity index (χ2v) is 6.84. The summed E-state index contributed by atoms with van der Waals surface area (Å²) in [6.07, 6.45) is 3.59. The van der Waals surface area contributed by atoms with Crippen molar-refractivity contribution >= 4 is 29.7 Å². The van der Waals surface area contributed by atoms with Crippen LogP contribution in [0.2, 0.25) is 0 Å². The number of hydrogen-bond acceptors (Lipinski definition) is 4. The largest absolute Gasteiger partial charge is 0.352 e. The van der Waals surface area contributed by atoms with Gasteiger partial charge in [0.15, 0.2) is 0 Å². The zero-order chi connectivity index (χ0) is 16.1. The fourth-order valence-corrected chi connectivity index (χ4v) is 3.65. The van der Waals surface area contributed by atoms with Crippen LogP contribution in [-0.4, -0.2) is 30.0 Å². The Morgan fingerprint density at radius 1 is 1.38 bits per heavy atom. The molecule has 1 amide bonds. The molecule has 1 fully saturated rings. The summed E-state index contributed by atoms with van der Waals surface area (Å²) in [7, 11) is 0. The van der Waals surface area contributed by atoms with E-state index in [1.54, 1.807) is 11.3 Å². The lowest BCUT2D eigenvalue weighted by molar-refractivity contribution is -0.121. The smallest absolute Gasteiger partial charge is 0.226 e. The van der Waals surface area contributed by atoms with Crippen molar-refractivity contribution in [3.05, 3.63) is 40.9 Å². The molecule has 0 bridgehead atoms. The molecule has 1 saturated heterocycles. The Bertz CT molecular complexity index is 651. The average molecular weight is 366 g/mol. The van der Waals surface area contributed by atoms with E-state index in [9.17, 15) is 4.79 Å². The lowest BCUT2D eigenvalue weighted by atomic mass is 10.1. The molecule has 1 aliphatic rings. The first-order valence-corrected chi connectivity index (χ1v) is 9.16. The standard InChI is InChI=1S/C18H23N3OS.ClH/c1-2-13-5-7-14(8-6-13)18-21-16(12-23-18)10-17(22)20-15-4-3-9-19-11-15;/h5-8,12,15,19H,2-4,9-11H2,1H3,(H,20,22);1H/t15-;/m0./s1. The van der Waals surface area contributed by atoms with Crippen molar-refractivity contribution in [2.24, 2.45) is 0 Å². The number of aryl methyl sites for hydroxylation is 1. The third-order valence-corrected chi connectivity index (χ3v) is 5.10. The molecule has 1 aromatic carbocycles. The first-order valence-electron chi connectivity index (χ1n) is 8.28. The van der Waals surface area contributed by atoms with Gasteiger partial charge in [-0.25, -0.2) is 4.98 Å². The number of rotatable bonds is 5. The normalized spacial score (nSPS) is 17.1. The van der Waals surface area contributed by atoms with Crippen LogP contribution in [0.4, 0.5) is 0 Å². The molecule has 6 heteroatoms. The van der Waals surface area contributed by atoms with Gasteiger partial charge in [-0.1, -0.05) is 31.2 Å². The molecule has 2 heterocycles. The summed E-state index contributed by atoms with van der Waals surface area (Å²) in [4.78, 5) is 16.7. The van der Waals surface area contributed by atoms with Crippen molar-refractivity contribution in [1.29, 1.82) is 0 Å². The molecule has 24 heavy (non-hydrogen) atoms. The molecule has 0 radical (unpaired) electrons. The van der Waals surface area contributed by atoms with Crippen LogP contribution in [0, 0.1) is 0 Å². The van der Waals surface area contributed by atoms with Crippen molar-refractivity contribution < 1.29 is 4.79 Å². The Labute approximate surface area is 153 Å². The van der Waals surface area contributed by atoms with E-state index in [1.807, 2.05) is 5.38 Å². The molecule has 1 atom stereocenters. The van der Waals surface area contributed by atoms with Crippen molar-refractivity contribution in [3.8, 4) is 10.6 Å². The number of nitrogens with one attached hydrogen (secondary N) is 2. The van der Waals surface area contributed by atoms with E-state index in [-0.39, 0.29) is 24.4 Å². The molecule has 3 rings (SSSR count). The van der Waals surface area contributed by atoms with E-state index in [0.29, 0.717) is 6.42 Å². The number of nitrogens with zero attached hydrogens (tertiary/aromatic N) is 1.